The molecule has 12 heteroatoms. The normalized spacial score (nSPS) is 21.6. The summed E-state index contributed by atoms with van der Waals surface area (Å²) >= 11 is 14.3. The minimum atomic E-state index is -4.38. The van der Waals surface area contributed by atoms with E-state index in [1.54, 1.807) is 24.3 Å². The number of carboxylic acid groups (broad SMARTS) is 2. The second kappa shape index (κ2) is 21.7. The molecule has 2 unspecified atom stereocenters. The Labute approximate surface area is 364 Å². The number of alkyl halides is 5. The predicted molar refractivity (Wildman–Crippen MR) is 232 cm³/mol. The number of hydrogen-bond donors (Lipinski definition) is 2. The molecule has 3 aromatic carbocycles. The summed E-state index contributed by atoms with van der Waals surface area (Å²) < 4.78 is 38.8. The molecule has 6 rings (SSSR count). The SMILES string of the molecule is CC(C)c1cccc(CC[C@H]2C(Cl)CC(=O)[C@@H]2CCCc2ccc(C(=O)O)s2)c1.O=C(O)c1cccc(CCC[C@H]2C(=O)CC(Cl)[C@@H]2CCc2cccc(C(F)(F)F)c2)c1. The summed E-state index contributed by atoms with van der Waals surface area (Å²) in [4.78, 5) is 48.6. The fourth-order valence-corrected chi connectivity index (χ4v) is 10.5. The standard InChI is InChI=1S/C24H24ClF3O3.C24H29ClO3S/c25-21-14-22(29)20(9-3-6-15-4-1-7-17(12-15)23(30)31)19(21)11-10-16-5-2-8-18(13-16)24(26,27)28;1-15(2)17-6-3-5-16(13-17)9-11-19-20(22(26)14-21(19)25)8-4-7-18-10-12-23(29-18)24(27)28/h1-2,4-5,7-8,12-13,19-21H,3,6,9-11,14H2,(H,30,31);3,5-6,10,12-13,15,19-21H,4,7-9,11,14H2,1-2H3,(H,27,28)/t2*19-,20-,21?/m11/s1. The first-order chi connectivity index (χ1) is 28.5. The van der Waals surface area contributed by atoms with Crippen LogP contribution in [0.4, 0.5) is 13.2 Å². The lowest BCUT2D eigenvalue weighted by molar-refractivity contribution is -0.137. The summed E-state index contributed by atoms with van der Waals surface area (Å²) in [6, 6.07) is 24.3. The average Bonchev–Trinajstić information content (AvgIpc) is 3.87. The fourth-order valence-electron chi connectivity index (χ4n) is 8.67. The second-order valence-corrected chi connectivity index (χ2v) is 18.7. The van der Waals surface area contributed by atoms with Crippen molar-refractivity contribution < 1.29 is 42.6 Å². The summed E-state index contributed by atoms with van der Waals surface area (Å²) in [5.74, 6) is -0.974. The Hall–Kier alpha value is -3.99. The number of benzene rings is 3. The zero-order valence-corrected chi connectivity index (χ0v) is 36.3. The molecule has 2 aliphatic rings. The molecule has 0 radical (unpaired) electrons. The summed E-state index contributed by atoms with van der Waals surface area (Å²) in [6.07, 6.45) is 3.79. The molecule has 60 heavy (non-hydrogen) atoms. The van der Waals surface area contributed by atoms with E-state index < -0.39 is 23.7 Å². The van der Waals surface area contributed by atoms with Gasteiger partial charge in [-0.2, -0.15) is 13.2 Å². The number of thiophene rings is 1. The molecule has 2 fully saturated rings. The Bertz CT molecular complexity index is 2100. The first-order valence-electron chi connectivity index (χ1n) is 20.7. The summed E-state index contributed by atoms with van der Waals surface area (Å²) in [7, 11) is 0. The van der Waals surface area contributed by atoms with E-state index in [1.807, 2.05) is 12.1 Å². The topological polar surface area (TPSA) is 109 Å². The Morgan fingerprint density at radius 3 is 1.75 bits per heavy atom. The maximum atomic E-state index is 12.9. The molecule has 2 N–H and O–H groups in total. The van der Waals surface area contributed by atoms with Gasteiger partial charge in [-0.3, -0.25) is 9.59 Å². The number of rotatable bonds is 17. The van der Waals surface area contributed by atoms with Gasteiger partial charge in [-0.25, -0.2) is 9.59 Å². The van der Waals surface area contributed by atoms with E-state index in [9.17, 15) is 32.3 Å². The van der Waals surface area contributed by atoms with E-state index in [1.165, 1.54) is 34.6 Å². The van der Waals surface area contributed by atoms with Crippen LogP contribution in [0.3, 0.4) is 0 Å². The lowest BCUT2D eigenvalue weighted by Crippen LogP contribution is -2.19. The molecule has 0 saturated heterocycles. The summed E-state index contributed by atoms with van der Waals surface area (Å²) in [6.45, 7) is 4.40. The molecular weight excluding hydrogens is 832 g/mol. The molecule has 6 atom stereocenters. The van der Waals surface area contributed by atoms with Crippen LogP contribution >= 0.6 is 34.5 Å². The smallest absolute Gasteiger partial charge is 0.416 e. The van der Waals surface area contributed by atoms with Crippen LogP contribution in [0.15, 0.2) is 84.9 Å². The number of halogens is 5. The van der Waals surface area contributed by atoms with Crippen molar-refractivity contribution in [3.8, 4) is 0 Å². The molecule has 0 bridgehead atoms. The van der Waals surface area contributed by atoms with Crippen LogP contribution in [0.1, 0.15) is 124 Å². The van der Waals surface area contributed by atoms with Gasteiger partial charge in [0.05, 0.1) is 11.1 Å². The number of aryl methyl sites for hydroxylation is 4. The van der Waals surface area contributed by atoms with Gasteiger partial charge in [-0.1, -0.05) is 68.4 Å². The van der Waals surface area contributed by atoms with Gasteiger partial charge in [0.1, 0.15) is 16.4 Å². The van der Waals surface area contributed by atoms with Gasteiger partial charge < -0.3 is 10.2 Å². The zero-order chi connectivity index (χ0) is 43.6. The highest BCUT2D eigenvalue weighted by Crippen LogP contribution is 2.41. The fraction of sp³-hybridized carbons (Fsp3) is 0.458. The molecule has 6 nitrogen and oxygen atoms in total. The van der Waals surface area contributed by atoms with Gasteiger partial charge >= 0.3 is 18.1 Å². The molecular formula is C48H53Cl2F3O6S. The van der Waals surface area contributed by atoms with Gasteiger partial charge in [0.15, 0.2) is 0 Å². The first kappa shape index (κ1) is 47.1. The van der Waals surface area contributed by atoms with E-state index in [0.29, 0.717) is 60.7 Å². The van der Waals surface area contributed by atoms with Crippen LogP contribution < -0.4 is 0 Å². The number of carbonyl (C=O) groups excluding carboxylic acids is 2. The van der Waals surface area contributed by atoms with E-state index in [-0.39, 0.29) is 52.2 Å². The quantitative estimate of drug-likeness (QED) is 0.102. The minimum Gasteiger partial charge on any atom is -0.478 e. The van der Waals surface area contributed by atoms with Crippen molar-refractivity contribution >= 4 is 58.0 Å². The van der Waals surface area contributed by atoms with Gasteiger partial charge in [-0.15, -0.1) is 34.5 Å². The van der Waals surface area contributed by atoms with Gasteiger partial charge in [0, 0.05) is 40.3 Å². The Balaban J connectivity index is 0.000000228. The van der Waals surface area contributed by atoms with Crippen LogP contribution in [-0.2, 0) is 41.4 Å². The Morgan fingerprint density at radius 2 is 1.22 bits per heavy atom. The Kier molecular flexibility index (Phi) is 17.0. The lowest BCUT2D eigenvalue weighted by Gasteiger charge is -2.21. The summed E-state index contributed by atoms with van der Waals surface area (Å²) in [5.41, 5.74) is 3.71. The van der Waals surface area contributed by atoms with Crippen molar-refractivity contribution in [1.29, 1.82) is 0 Å². The largest absolute Gasteiger partial charge is 0.478 e. The maximum absolute atomic E-state index is 12.9. The van der Waals surface area contributed by atoms with E-state index in [4.69, 9.17) is 33.4 Å². The highest BCUT2D eigenvalue weighted by atomic mass is 35.5. The molecule has 0 amide bonds. The van der Waals surface area contributed by atoms with Gasteiger partial charge in [-0.05, 0) is 135 Å². The molecule has 322 valence electrons. The second-order valence-electron chi connectivity index (χ2n) is 16.4. The number of aromatic carboxylic acids is 2. The van der Waals surface area contributed by atoms with Crippen LogP contribution in [0.5, 0.6) is 0 Å². The van der Waals surface area contributed by atoms with Crippen molar-refractivity contribution in [2.45, 2.75) is 114 Å². The number of carboxylic acids is 2. The van der Waals surface area contributed by atoms with E-state index in [0.717, 1.165) is 54.7 Å². The third-order valence-corrected chi connectivity index (χ3v) is 14.0. The molecule has 2 aliphatic carbocycles. The Morgan fingerprint density at radius 1 is 0.683 bits per heavy atom. The van der Waals surface area contributed by atoms with E-state index in [2.05, 4.69) is 38.1 Å². The maximum Gasteiger partial charge on any atom is 0.416 e. The van der Waals surface area contributed by atoms with E-state index >= 15 is 0 Å². The lowest BCUT2D eigenvalue weighted by atomic mass is 9.85. The zero-order valence-electron chi connectivity index (χ0n) is 33.9. The predicted octanol–water partition coefficient (Wildman–Crippen LogP) is 12.5. The minimum absolute atomic E-state index is 0.0321. The summed E-state index contributed by atoms with van der Waals surface area (Å²) in [5, 5.41) is 17.8. The van der Waals surface area contributed by atoms with Crippen LogP contribution in [-0.4, -0.2) is 44.5 Å². The van der Waals surface area contributed by atoms with Crippen LogP contribution in [0, 0.1) is 23.7 Å². The van der Waals surface area contributed by atoms with Gasteiger partial charge in [0.25, 0.3) is 0 Å². The number of ketones is 2. The number of carbonyl (C=O) groups is 4. The molecule has 1 heterocycles. The molecule has 1 aromatic heterocycles. The third kappa shape index (κ3) is 13.3. The van der Waals surface area contributed by atoms with Crippen LogP contribution in [0.25, 0.3) is 0 Å². The number of Topliss-reactive ketones (excluding diaryl/α,β-unsaturated/α-hetero) is 2. The first-order valence-corrected chi connectivity index (χ1v) is 22.4. The molecule has 4 aromatic rings. The van der Waals surface area contributed by atoms with Crippen LogP contribution in [0.2, 0.25) is 0 Å². The molecule has 0 aliphatic heterocycles. The van der Waals surface area contributed by atoms with Gasteiger partial charge in [0.2, 0.25) is 0 Å². The monoisotopic (exact) mass is 884 g/mol. The number of hydrogen-bond acceptors (Lipinski definition) is 5. The van der Waals surface area contributed by atoms with Crippen molar-refractivity contribution in [2.75, 3.05) is 0 Å². The van der Waals surface area contributed by atoms with Crippen molar-refractivity contribution in [1.82, 2.24) is 0 Å². The highest BCUT2D eigenvalue weighted by Gasteiger charge is 2.41. The average molecular weight is 886 g/mol. The molecule has 2 saturated carbocycles. The van der Waals surface area contributed by atoms with Crippen molar-refractivity contribution in [3.63, 3.8) is 0 Å². The van der Waals surface area contributed by atoms with Crippen molar-refractivity contribution in [3.05, 3.63) is 128 Å². The van der Waals surface area contributed by atoms with Crippen molar-refractivity contribution in [2.24, 2.45) is 23.7 Å². The highest BCUT2D eigenvalue weighted by molar-refractivity contribution is 7.13. The molecule has 0 spiro atoms. The third-order valence-electron chi connectivity index (χ3n) is 12.0.